The Balaban J connectivity index is 1.79. The Bertz CT molecular complexity index is 981. The van der Waals surface area contributed by atoms with Crippen molar-refractivity contribution in [1.82, 2.24) is 0 Å². The molecule has 0 amide bonds. The van der Waals surface area contributed by atoms with E-state index in [-0.39, 0.29) is 24.7 Å². The lowest BCUT2D eigenvalue weighted by atomic mass is 9.99. The first-order chi connectivity index (χ1) is 14.6. The fraction of sp³-hybridized carbons (Fsp3) is 0.182. The van der Waals surface area contributed by atoms with Gasteiger partial charge in [-0.3, -0.25) is 0 Å². The molecule has 8 heteroatoms. The summed E-state index contributed by atoms with van der Waals surface area (Å²) in [6, 6.07) is 10.4. The second-order valence-corrected chi connectivity index (χ2v) is 6.32. The van der Waals surface area contributed by atoms with Gasteiger partial charge in [0.1, 0.15) is 0 Å². The average Bonchev–Trinajstić information content (AvgIpc) is 3.43. The Labute approximate surface area is 172 Å². The van der Waals surface area contributed by atoms with Crippen LogP contribution in [0, 0.1) is 0 Å². The molecule has 2 aliphatic rings. The van der Waals surface area contributed by atoms with Gasteiger partial charge in [-0.05, 0) is 47.5 Å². The van der Waals surface area contributed by atoms with Crippen LogP contribution in [0.5, 0.6) is 23.0 Å². The molecule has 0 aromatic heterocycles. The number of hydrogen-bond acceptors (Lipinski definition) is 8. The van der Waals surface area contributed by atoms with Crippen LogP contribution in [0.25, 0.3) is 12.2 Å². The molecule has 0 radical (unpaired) electrons. The van der Waals surface area contributed by atoms with Gasteiger partial charge in [0.2, 0.25) is 13.6 Å². The first-order valence-corrected chi connectivity index (χ1v) is 8.98. The predicted octanol–water partition coefficient (Wildman–Crippen LogP) is 2.96. The van der Waals surface area contributed by atoms with E-state index in [0.29, 0.717) is 34.1 Å². The van der Waals surface area contributed by atoms with Crippen molar-refractivity contribution in [2.24, 2.45) is 0 Å². The van der Waals surface area contributed by atoms with E-state index in [1.807, 2.05) is 0 Å². The smallest absolute Gasteiger partial charge is 0.338 e. The minimum Gasteiger partial charge on any atom is -0.465 e. The van der Waals surface area contributed by atoms with Crippen LogP contribution in [0.15, 0.2) is 47.5 Å². The van der Waals surface area contributed by atoms with E-state index in [9.17, 15) is 9.59 Å². The molecule has 8 nitrogen and oxygen atoms in total. The van der Waals surface area contributed by atoms with Crippen molar-refractivity contribution in [3.8, 4) is 23.0 Å². The van der Waals surface area contributed by atoms with Crippen LogP contribution in [-0.2, 0) is 19.1 Å². The van der Waals surface area contributed by atoms with E-state index < -0.39 is 11.9 Å². The molecule has 0 unspecified atom stereocenters. The van der Waals surface area contributed by atoms with E-state index in [0.717, 1.165) is 0 Å². The molecule has 4 rings (SSSR count). The highest BCUT2D eigenvalue weighted by Crippen LogP contribution is 2.35. The van der Waals surface area contributed by atoms with Crippen molar-refractivity contribution in [2.75, 3.05) is 27.8 Å². The van der Waals surface area contributed by atoms with Crippen molar-refractivity contribution in [2.45, 2.75) is 0 Å². The largest absolute Gasteiger partial charge is 0.465 e. The average molecular weight is 410 g/mol. The maximum Gasteiger partial charge on any atom is 0.338 e. The van der Waals surface area contributed by atoms with Crippen LogP contribution in [0.3, 0.4) is 0 Å². The number of methoxy groups -OCH3 is 2. The number of carbonyl (C=O) groups is 2. The normalized spacial score (nSPS) is 14.5. The van der Waals surface area contributed by atoms with E-state index in [4.69, 9.17) is 28.4 Å². The lowest BCUT2D eigenvalue weighted by Gasteiger charge is -2.10. The number of benzene rings is 2. The molecule has 0 bridgehead atoms. The van der Waals surface area contributed by atoms with Gasteiger partial charge in [0, 0.05) is 0 Å². The molecular weight excluding hydrogens is 392 g/mol. The van der Waals surface area contributed by atoms with Crippen LogP contribution < -0.4 is 18.9 Å². The molecule has 0 aliphatic carbocycles. The summed E-state index contributed by atoms with van der Waals surface area (Å²) < 4.78 is 31.2. The summed E-state index contributed by atoms with van der Waals surface area (Å²) >= 11 is 0. The minimum absolute atomic E-state index is 0.0286. The zero-order valence-corrected chi connectivity index (χ0v) is 16.3. The van der Waals surface area contributed by atoms with E-state index >= 15 is 0 Å². The third kappa shape index (κ3) is 3.80. The second kappa shape index (κ2) is 8.20. The maximum atomic E-state index is 12.5. The fourth-order valence-electron chi connectivity index (χ4n) is 3.05. The van der Waals surface area contributed by atoms with Crippen molar-refractivity contribution >= 4 is 24.1 Å². The molecule has 2 heterocycles. The highest BCUT2D eigenvalue weighted by molar-refractivity contribution is 6.12. The topological polar surface area (TPSA) is 89.5 Å². The molecule has 0 saturated heterocycles. The summed E-state index contributed by atoms with van der Waals surface area (Å²) in [5, 5.41) is 0. The van der Waals surface area contributed by atoms with Gasteiger partial charge < -0.3 is 28.4 Å². The van der Waals surface area contributed by atoms with Gasteiger partial charge in [0.05, 0.1) is 25.4 Å². The van der Waals surface area contributed by atoms with Crippen molar-refractivity contribution in [3.63, 3.8) is 0 Å². The number of hydrogen-bond donors (Lipinski definition) is 0. The molecule has 0 atom stereocenters. The summed E-state index contributed by atoms with van der Waals surface area (Å²) in [5.74, 6) is 0.932. The van der Waals surface area contributed by atoms with Crippen molar-refractivity contribution < 1.29 is 38.0 Å². The molecule has 0 spiro atoms. The van der Waals surface area contributed by atoms with Gasteiger partial charge in [-0.2, -0.15) is 0 Å². The molecule has 0 fully saturated rings. The third-order valence-electron chi connectivity index (χ3n) is 4.52. The highest BCUT2D eigenvalue weighted by atomic mass is 16.7. The first-order valence-electron chi connectivity index (χ1n) is 8.98. The van der Waals surface area contributed by atoms with Crippen LogP contribution in [0.4, 0.5) is 0 Å². The number of fused-ring (bicyclic) bond motifs is 2. The third-order valence-corrected chi connectivity index (χ3v) is 4.52. The van der Waals surface area contributed by atoms with Crippen LogP contribution in [-0.4, -0.2) is 39.7 Å². The lowest BCUT2D eigenvalue weighted by molar-refractivity contribution is -0.139. The minimum atomic E-state index is -0.690. The molecular formula is C22H18O8. The maximum absolute atomic E-state index is 12.5. The summed E-state index contributed by atoms with van der Waals surface area (Å²) in [4.78, 5) is 25.1. The zero-order valence-electron chi connectivity index (χ0n) is 16.3. The summed E-state index contributed by atoms with van der Waals surface area (Å²) in [6.45, 7) is 0.258. The second-order valence-electron chi connectivity index (χ2n) is 6.32. The van der Waals surface area contributed by atoms with Gasteiger partial charge in [0.25, 0.3) is 0 Å². The monoisotopic (exact) mass is 410 g/mol. The van der Waals surface area contributed by atoms with E-state index in [1.54, 1.807) is 36.4 Å². The van der Waals surface area contributed by atoms with Crippen LogP contribution in [0.2, 0.25) is 0 Å². The number of carbonyl (C=O) groups excluding carboxylic acids is 2. The number of ether oxygens (including phenoxy) is 6. The van der Waals surface area contributed by atoms with Crippen molar-refractivity contribution in [1.29, 1.82) is 0 Å². The SMILES string of the molecule is COC(=O)C(=C\c1ccc2c(c1)OCO2)/C(=C/c1ccc2c(c1)OCO2)C(=O)OC. The molecule has 2 aromatic rings. The number of esters is 2. The Morgan fingerprint density at radius 1 is 0.700 bits per heavy atom. The predicted molar refractivity (Wildman–Crippen MR) is 105 cm³/mol. The van der Waals surface area contributed by atoms with Gasteiger partial charge >= 0.3 is 11.9 Å². The standard InChI is InChI=1S/C22H18O8/c1-25-21(23)15(7-13-3-5-17-19(9-13)29-11-27-17)16(22(24)26-2)8-14-4-6-18-20(10-14)30-12-28-18/h3-10H,11-12H2,1-2H3/b15-7-,16-8-. The first kappa shape index (κ1) is 19.4. The lowest BCUT2D eigenvalue weighted by Crippen LogP contribution is -2.15. The molecule has 2 aliphatic heterocycles. The zero-order chi connectivity index (χ0) is 21.1. The van der Waals surface area contributed by atoms with E-state index in [1.165, 1.54) is 26.4 Å². The van der Waals surface area contributed by atoms with E-state index in [2.05, 4.69) is 0 Å². The Morgan fingerprint density at radius 2 is 1.10 bits per heavy atom. The molecule has 2 aromatic carbocycles. The summed E-state index contributed by atoms with van der Waals surface area (Å²) in [5.41, 5.74) is 1.31. The number of rotatable bonds is 5. The Kier molecular flexibility index (Phi) is 5.30. The Morgan fingerprint density at radius 3 is 1.50 bits per heavy atom. The molecule has 30 heavy (non-hydrogen) atoms. The van der Waals surface area contributed by atoms with Gasteiger partial charge in [-0.1, -0.05) is 12.1 Å². The Hall–Kier alpha value is -3.94. The van der Waals surface area contributed by atoms with Crippen LogP contribution >= 0.6 is 0 Å². The van der Waals surface area contributed by atoms with Gasteiger partial charge in [-0.25, -0.2) is 9.59 Å². The van der Waals surface area contributed by atoms with Gasteiger partial charge in [-0.15, -0.1) is 0 Å². The van der Waals surface area contributed by atoms with Crippen LogP contribution in [0.1, 0.15) is 11.1 Å². The van der Waals surface area contributed by atoms with Crippen molar-refractivity contribution in [3.05, 3.63) is 58.7 Å². The fourth-order valence-corrected chi connectivity index (χ4v) is 3.05. The van der Waals surface area contributed by atoms with Gasteiger partial charge in [0.15, 0.2) is 23.0 Å². The summed E-state index contributed by atoms with van der Waals surface area (Å²) in [6.07, 6.45) is 3.06. The molecule has 0 saturated carbocycles. The molecule has 154 valence electrons. The quantitative estimate of drug-likeness (QED) is 0.422. The highest BCUT2D eigenvalue weighted by Gasteiger charge is 2.24. The summed E-state index contributed by atoms with van der Waals surface area (Å²) in [7, 11) is 2.48. The molecule has 0 N–H and O–H groups in total.